The van der Waals surface area contributed by atoms with Gasteiger partial charge in [-0.2, -0.15) is 0 Å². The normalized spacial score (nSPS) is 20.3. The van der Waals surface area contributed by atoms with Crippen molar-refractivity contribution in [3.8, 4) is 0 Å². The SMILES string of the molecule is NCC1(CC(=O)NCc2ccnc(N3CCCCC3)c2)CCCCC1. The highest BCUT2D eigenvalue weighted by Gasteiger charge is 2.32. The first-order chi connectivity index (χ1) is 12.2. The summed E-state index contributed by atoms with van der Waals surface area (Å²) in [6.07, 6.45) is 12.1. The van der Waals surface area contributed by atoms with Crippen molar-refractivity contribution in [1.29, 1.82) is 0 Å². The molecule has 1 aromatic heterocycles. The number of piperidine rings is 1. The van der Waals surface area contributed by atoms with Gasteiger partial charge in [0.05, 0.1) is 0 Å². The van der Waals surface area contributed by atoms with Crippen LogP contribution in [0.2, 0.25) is 0 Å². The highest BCUT2D eigenvalue weighted by Crippen LogP contribution is 2.38. The van der Waals surface area contributed by atoms with E-state index in [1.54, 1.807) is 0 Å². The van der Waals surface area contributed by atoms with Crippen molar-refractivity contribution in [2.75, 3.05) is 24.5 Å². The van der Waals surface area contributed by atoms with E-state index < -0.39 is 0 Å². The molecule has 2 heterocycles. The third-order valence-electron chi connectivity index (χ3n) is 5.86. The minimum Gasteiger partial charge on any atom is -0.357 e. The molecule has 0 atom stereocenters. The number of anilines is 1. The van der Waals surface area contributed by atoms with Crippen LogP contribution in [0.5, 0.6) is 0 Å². The van der Waals surface area contributed by atoms with E-state index >= 15 is 0 Å². The van der Waals surface area contributed by atoms with Crippen LogP contribution in [0.3, 0.4) is 0 Å². The Morgan fingerprint density at radius 3 is 2.60 bits per heavy atom. The molecule has 0 bridgehead atoms. The maximum atomic E-state index is 12.4. The van der Waals surface area contributed by atoms with Crippen molar-refractivity contribution in [3.63, 3.8) is 0 Å². The van der Waals surface area contributed by atoms with Gasteiger partial charge in [-0.1, -0.05) is 19.3 Å². The summed E-state index contributed by atoms with van der Waals surface area (Å²) in [5.74, 6) is 1.17. The molecule has 0 spiro atoms. The Balaban J connectivity index is 1.53. The van der Waals surface area contributed by atoms with Crippen molar-refractivity contribution in [2.24, 2.45) is 11.1 Å². The highest BCUT2D eigenvalue weighted by atomic mass is 16.1. The zero-order chi connectivity index (χ0) is 17.5. The van der Waals surface area contributed by atoms with Gasteiger partial charge in [-0.15, -0.1) is 0 Å². The number of amides is 1. The first-order valence-corrected chi connectivity index (χ1v) is 9.87. The van der Waals surface area contributed by atoms with Crippen LogP contribution in [-0.2, 0) is 11.3 Å². The van der Waals surface area contributed by atoms with E-state index in [9.17, 15) is 4.79 Å². The lowest BCUT2D eigenvalue weighted by molar-refractivity contribution is -0.124. The van der Waals surface area contributed by atoms with E-state index in [-0.39, 0.29) is 11.3 Å². The van der Waals surface area contributed by atoms with Crippen LogP contribution in [0.15, 0.2) is 18.3 Å². The van der Waals surface area contributed by atoms with Gasteiger partial charge in [0.1, 0.15) is 5.82 Å². The maximum absolute atomic E-state index is 12.4. The monoisotopic (exact) mass is 344 g/mol. The number of carbonyl (C=O) groups excluding carboxylic acids is 1. The number of pyridine rings is 1. The Bertz CT molecular complexity index is 563. The van der Waals surface area contributed by atoms with Crippen molar-refractivity contribution >= 4 is 11.7 Å². The van der Waals surface area contributed by atoms with Gasteiger partial charge in [0.15, 0.2) is 0 Å². The number of hydrogen-bond acceptors (Lipinski definition) is 4. The summed E-state index contributed by atoms with van der Waals surface area (Å²) in [6.45, 7) is 3.36. The molecule has 5 heteroatoms. The summed E-state index contributed by atoms with van der Waals surface area (Å²) < 4.78 is 0. The average Bonchev–Trinajstić information content (AvgIpc) is 2.68. The fourth-order valence-corrected chi connectivity index (χ4v) is 4.23. The lowest BCUT2D eigenvalue weighted by Gasteiger charge is -2.35. The Labute approximate surface area is 151 Å². The van der Waals surface area contributed by atoms with Gasteiger partial charge in [0.2, 0.25) is 5.91 Å². The van der Waals surface area contributed by atoms with Gasteiger partial charge in [0.25, 0.3) is 0 Å². The maximum Gasteiger partial charge on any atom is 0.220 e. The minimum absolute atomic E-state index is 0.0273. The molecule has 1 aromatic rings. The molecule has 0 unspecified atom stereocenters. The van der Waals surface area contributed by atoms with Gasteiger partial charge < -0.3 is 16.0 Å². The molecule has 1 aliphatic heterocycles. The predicted octanol–water partition coefficient (Wildman–Crippen LogP) is 2.99. The third kappa shape index (κ3) is 4.94. The molecule has 25 heavy (non-hydrogen) atoms. The lowest BCUT2D eigenvalue weighted by atomic mass is 9.71. The fourth-order valence-electron chi connectivity index (χ4n) is 4.23. The Hall–Kier alpha value is -1.62. The molecule has 1 saturated carbocycles. The predicted molar refractivity (Wildman–Crippen MR) is 101 cm³/mol. The molecule has 1 amide bonds. The van der Waals surface area contributed by atoms with Crippen molar-refractivity contribution < 1.29 is 4.79 Å². The van der Waals surface area contributed by atoms with Crippen LogP contribution in [-0.4, -0.2) is 30.5 Å². The first kappa shape index (κ1) is 18.2. The highest BCUT2D eigenvalue weighted by molar-refractivity contribution is 5.76. The van der Waals surface area contributed by atoms with Crippen molar-refractivity contribution in [2.45, 2.75) is 64.3 Å². The molecule has 1 saturated heterocycles. The second-order valence-electron chi connectivity index (χ2n) is 7.79. The van der Waals surface area contributed by atoms with Crippen LogP contribution in [0.4, 0.5) is 5.82 Å². The van der Waals surface area contributed by atoms with Gasteiger partial charge in [-0.3, -0.25) is 4.79 Å². The molecule has 2 aliphatic rings. The summed E-state index contributed by atoms with van der Waals surface area (Å²) in [5.41, 5.74) is 7.15. The second kappa shape index (κ2) is 8.65. The summed E-state index contributed by atoms with van der Waals surface area (Å²) >= 11 is 0. The summed E-state index contributed by atoms with van der Waals surface area (Å²) in [5, 5.41) is 3.09. The van der Waals surface area contributed by atoms with Crippen molar-refractivity contribution in [3.05, 3.63) is 23.9 Å². The molecule has 5 nitrogen and oxygen atoms in total. The smallest absolute Gasteiger partial charge is 0.220 e. The molecule has 3 N–H and O–H groups in total. The van der Waals surface area contributed by atoms with Gasteiger partial charge >= 0.3 is 0 Å². The summed E-state index contributed by atoms with van der Waals surface area (Å²) in [6, 6.07) is 4.11. The van der Waals surface area contributed by atoms with Crippen LogP contribution >= 0.6 is 0 Å². The quantitative estimate of drug-likeness (QED) is 0.832. The van der Waals surface area contributed by atoms with E-state index in [2.05, 4.69) is 21.3 Å². The summed E-state index contributed by atoms with van der Waals surface area (Å²) in [7, 11) is 0. The zero-order valence-corrected chi connectivity index (χ0v) is 15.3. The number of aromatic nitrogens is 1. The number of nitrogens with one attached hydrogen (secondary N) is 1. The molecular formula is C20H32N4O. The van der Waals surface area contributed by atoms with Crippen LogP contribution in [0.25, 0.3) is 0 Å². The number of nitrogens with zero attached hydrogens (tertiary/aromatic N) is 2. The Kier molecular flexibility index (Phi) is 6.29. The first-order valence-electron chi connectivity index (χ1n) is 9.87. The van der Waals surface area contributed by atoms with Gasteiger partial charge in [-0.25, -0.2) is 4.98 Å². The van der Waals surface area contributed by atoms with Crippen LogP contribution < -0.4 is 16.0 Å². The minimum atomic E-state index is 0.0273. The van der Waals surface area contributed by atoms with Gasteiger partial charge in [-0.05, 0) is 61.8 Å². The van der Waals surface area contributed by atoms with E-state index in [0.717, 1.165) is 37.3 Å². The molecule has 1 aliphatic carbocycles. The fraction of sp³-hybridized carbons (Fsp3) is 0.700. The van der Waals surface area contributed by atoms with E-state index in [4.69, 9.17) is 5.73 Å². The second-order valence-corrected chi connectivity index (χ2v) is 7.79. The van der Waals surface area contributed by atoms with Gasteiger partial charge in [0, 0.05) is 32.3 Å². The van der Waals surface area contributed by atoms with Crippen LogP contribution in [0, 0.1) is 5.41 Å². The number of rotatable bonds is 6. The molecule has 3 rings (SSSR count). The Morgan fingerprint density at radius 1 is 1.16 bits per heavy atom. The molecule has 0 radical (unpaired) electrons. The van der Waals surface area contributed by atoms with E-state index in [0.29, 0.717) is 19.5 Å². The largest absolute Gasteiger partial charge is 0.357 e. The molecule has 138 valence electrons. The topological polar surface area (TPSA) is 71.2 Å². The molecule has 2 fully saturated rings. The standard InChI is InChI=1S/C20H32N4O/c21-16-20(8-3-1-4-9-20)14-19(25)23-15-17-7-10-22-18(13-17)24-11-5-2-6-12-24/h7,10,13H,1-6,8-9,11-12,14-16,21H2,(H,23,25). The number of carbonyl (C=O) groups is 1. The number of nitrogens with two attached hydrogens (primary N) is 1. The van der Waals surface area contributed by atoms with Crippen LogP contribution in [0.1, 0.15) is 63.4 Å². The summed E-state index contributed by atoms with van der Waals surface area (Å²) in [4.78, 5) is 19.3. The average molecular weight is 345 g/mol. The molecular weight excluding hydrogens is 312 g/mol. The lowest BCUT2D eigenvalue weighted by Crippen LogP contribution is -2.38. The third-order valence-corrected chi connectivity index (χ3v) is 5.86. The number of hydrogen-bond donors (Lipinski definition) is 2. The van der Waals surface area contributed by atoms with Crippen molar-refractivity contribution in [1.82, 2.24) is 10.3 Å². The zero-order valence-electron chi connectivity index (χ0n) is 15.3. The van der Waals surface area contributed by atoms with E-state index in [1.807, 2.05) is 12.3 Å². The Morgan fingerprint density at radius 2 is 1.88 bits per heavy atom. The van der Waals surface area contributed by atoms with E-state index in [1.165, 1.54) is 38.5 Å². The molecule has 0 aromatic carbocycles.